The number of nitrogen functional groups attached to an aromatic ring is 1. The number of anilines is 1. The Hall–Kier alpha value is -2.52. The van der Waals surface area contributed by atoms with Crippen LogP contribution in [0.3, 0.4) is 0 Å². The van der Waals surface area contributed by atoms with Gasteiger partial charge in [0.05, 0.1) is 12.7 Å². The Morgan fingerprint density at radius 3 is 2.74 bits per heavy atom. The smallest absolute Gasteiger partial charge is 0.351 e. The number of hydrogen-bond acceptors (Lipinski definition) is 9. The van der Waals surface area contributed by atoms with Crippen molar-refractivity contribution in [3.05, 3.63) is 53.1 Å². The number of carbonyl (C=O) groups excluding carboxylic acids is 1. The molecule has 1 aromatic heterocycles. The first kappa shape index (κ1) is 25.6. The van der Waals surface area contributed by atoms with Gasteiger partial charge in [0.25, 0.3) is 0 Å². The molecule has 3 unspecified atom stereocenters. The maximum Gasteiger partial charge on any atom is 0.351 e. The summed E-state index contributed by atoms with van der Waals surface area (Å²) in [6.07, 6.45) is 6.81. The minimum absolute atomic E-state index is 0.00298. The van der Waals surface area contributed by atoms with Crippen molar-refractivity contribution in [1.29, 1.82) is 0 Å². The van der Waals surface area contributed by atoms with E-state index in [1.165, 1.54) is 11.0 Å². The van der Waals surface area contributed by atoms with Crippen molar-refractivity contribution in [1.82, 2.24) is 14.6 Å². The van der Waals surface area contributed by atoms with Gasteiger partial charge in [-0.1, -0.05) is 31.5 Å². The van der Waals surface area contributed by atoms with E-state index in [2.05, 4.69) is 10.1 Å². The lowest BCUT2D eigenvalue weighted by Gasteiger charge is -2.23. The Labute approximate surface area is 206 Å². The quantitative estimate of drug-likeness (QED) is 0.369. The van der Waals surface area contributed by atoms with E-state index in [1.807, 2.05) is 37.3 Å². The summed E-state index contributed by atoms with van der Waals surface area (Å²) >= 11 is 0. The van der Waals surface area contributed by atoms with Crippen molar-refractivity contribution in [2.45, 2.75) is 63.9 Å². The summed E-state index contributed by atoms with van der Waals surface area (Å²) in [4.78, 5) is 28.4. The van der Waals surface area contributed by atoms with Gasteiger partial charge in [0.1, 0.15) is 30.4 Å². The standard InChI is InChI=1S/C24H33N4O6P/c1-17-14-20(33-23(17)28-13-12-21(25)27-24(28)30)16-31-35(34-19-10-6-3-7-11-19)26-15-22(29)32-18-8-4-2-5-9-18/h3,6-7,10-13,17-18,20,23,26H,2,4-5,8-9,14-16H2,1H3,(H2,25,27,30)/t17?,20?,23?,35-/m1/s1. The maximum absolute atomic E-state index is 12.4. The lowest BCUT2D eigenvalue weighted by molar-refractivity contribution is -0.149. The Bertz CT molecular complexity index is 1020. The molecule has 2 fully saturated rings. The number of nitrogens with zero attached hydrogens (tertiary/aromatic N) is 2. The molecule has 2 aromatic rings. The minimum atomic E-state index is -1.63. The van der Waals surface area contributed by atoms with E-state index >= 15 is 0 Å². The van der Waals surface area contributed by atoms with E-state index < -0.39 is 20.4 Å². The molecule has 35 heavy (non-hydrogen) atoms. The van der Waals surface area contributed by atoms with E-state index in [1.54, 1.807) is 12.3 Å². The van der Waals surface area contributed by atoms with Crippen LogP contribution in [0.25, 0.3) is 0 Å². The summed E-state index contributed by atoms with van der Waals surface area (Å²) in [5.41, 5.74) is 5.15. The van der Waals surface area contributed by atoms with Gasteiger partial charge in [0.2, 0.25) is 0 Å². The van der Waals surface area contributed by atoms with Crippen molar-refractivity contribution in [3.63, 3.8) is 0 Å². The maximum atomic E-state index is 12.4. The van der Waals surface area contributed by atoms with Crippen LogP contribution >= 0.6 is 8.53 Å². The summed E-state index contributed by atoms with van der Waals surface area (Å²) in [7, 11) is -1.63. The second kappa shape index (κ2) is 12.4. The SMILES string of the molecule is CC1CC(CO[P@@](NCC(=O)OC2CCCCC2)Oc2ccccc2)OC1n1ccc(N)nc1=O. The van der Waals surface area contributed by atoms with Crippen molar-refractivity contribution in [2.24, 2.45) is 5.92 Å². The molecule has 1 aliphatic carbocycles. The van der Waals surface area contributed by atoms with Gasteiger partial charge >= 0.3 is 20.2 Å². The van der Waals surface area contributed by atoms with Crippen molar-refractivity contribution >= 4 is 20.3 Å². The van der Waals surface area contributed by atoms with E-state index in [9.17, 15) is 9.59 Å². The van der Waals surface area contributed by atoms with Crippen molar-refractivity contribution < 1.29 is 23.3 Å². The van der Waals surface area contributed by atoms with Crippen molar-refractivity contribution in [3.8, 4) is 5.75 Å². The van der Waals surface area contributed by atoms with E-state index in [4.69, 9.17) is 24.3 Å². The highest BCUT2D eigenvalue weighted by Crippen LogP contribution is 2.39. The van der Waals surface area contributed by atoms with Gasteiger partial charge < -0.3 is 24.3 Å². The normalized spacial score (nSPS) is 23.6. The highest BCUT2D eigenvalue weighted by Gasteiger charge is 2.35. The molecule has 190 valence electrons. The number of ether oxygens (including phenoxy) is 2. The molecule has 0 radical (unpaired) electrons. The summed E-state index contributed by atoms with van der Waals surface area (Å²) < 4.78 is 25.1. The number of esters is 1. The van der Waals surface area contributed by atoms with E-state index in [0.29, 0.717) is 12.2 Å². The molecule has 1 saturated carbocycles. The number of para-hydroxylation sites is 1. The highest BCUT2D eigenvalue weighted by atomic mass is 31.2. The first-order chi connectivity index (χ1) is 17.0. The van der Waals surface area contributed by atoms with Gasteiger partial charge in [0.15, 0.2) is 0 Å². The molecule has 0 amide bonds. The van der Waals surface area contributed by atoms with Crippen LogP contribution in [0.4, 0.5) is 5.82 Å². The molecule has 10 nitrogen and oxygen atoms in total. The molecule has 1 aromatic carbocycles. The molecule has 11 heteroatoms. The topological polar surface area (TPSA) is 127 Å². The van der Waals surface area contributed by atoms with Gasteiger partial charge in [-0.2, -0.15) is 4.98 Å². The van der Waals surface area contributed by atoms with Crippen LogP contribution in [0.1, 0.15) is 51.7 Å². The Balaban J connectivity index is 1.32. The zero-order valence-electron chi connectivity index (χ0n) is 19.9. The van der Waals surface area contributed by atoms with E-state index in [0.717, 1.165) is 25.7 Å². The number of carbonyl (C=O) groups is 1. The molecule has 0 bridgehead atoms. The number of hydrogen-bond donors (Lipinski definition) is 2. The third-order valence-electron chi connectivity index (χ3n) is 6.09. The fraction of sp³-hybridized carbons (Fsp3) is 0.542. The molecule has 1 aliphatic heterocycles. The van der Waals surface area contributed by atoms with Gasteiger partial charge in [-0.05, 0) is 50.3 Å². The Kier molecular flexibility index (Phi) is 9.09. The van der Waals surface area contributed by atoms with Crippen LogP contribution in [0.15, 0.2) is 47.4 Å². The van der Waals surface area contributed by atoms with Crippen LogP contribution < -0.4 is 21.0 Å². The fourth-order valence-electron chi connectivity index (χ4n) is 4.36. The number of benzene rings is 1. The monoisotopic (exact) mass is 504 g/mol. The summed E-state index contributed by atoms with van der Waals surface area (Å²) in [6.45, 7) is 2.24. The number of aromatic nitrogens is 2. The molecular weight excluding hydrogens is 471 g/mol. The van der Waals surface area contributed by atoms with Crippen LogP contribution in [0, 0.1) is 5.92 Å². The lowest BCUT2D eigenvalue weighted by atomic mass is 9.98. The predicted octanol–water partition coefficient (Wildman–Crippen LogP) is 3.54. The fourth-order valence-corrected chi connectivity index (χ4v) is 5.44. The Morgan fingerprint density at radius 2 is 2.00 bits per heavy atom. The van der Waals surface area contributed by atoms with E-state index in [-0.39, 0.29) is 43.1 Å². The van der Waals surface area contributed by atoms with Crippen molar-refractivity contribution in [2.75, 3.05) is 18.9 Å². The Morgan fingerprint density at radius 1 is 1.23 bits per heavy atom. The summed E-state index contributed by atoms with van der Waals surface area (Å²) in [6, 6.07) is 10.9. The highest BCUT2D eigenvalue weighted by molar-refractivity contribution is 7.45. The minimum Gasteiger partial charge on any atom is -0.461 e. The van der Waals surface area contributed by atoms with Gasteiger partial charge in [-0.25, -0.2) is 9.88 Å². The zero-order valence-corrected chi connectivity index (χ0v) is 20.8. The lowest BCUT2D eigenvalue weighted by Crippen LogP contribution is -2.30. The second-order valence-corrected chi connectivity index (χ2v) is 10.2. The molecule has 1 saturated heterocycles. The molecule has 4 rings (SSSR count). The van der Waals surface area contributed by atoms with Gasteiger partial charge in [-0.15, -0.1) is 0 Å². The molecule has 0 spiro atoms. The third kappa shape index (κ3) is 7.48. The van der Waals surface area contributed by atoms with Crippen LogP contribution in [0.2, 0.25) is 0 Å². The first-order valence-electron chi connectivity index (χ1n) is 12.1. The predicted molar refractivity (Wildman–Crippen MR) is 132 cm³/mol. The average molecular weight is 505 g/mol. The summed E-state index contributed by atoms with van der Waals surface area (Å²) in [5, 5.41) is 3.06. The van der Waals surface area contributed by atoms with Crippen LogP contribution in [-0.4, -0.2) is 40.9 Å². The molecule has 2 heterocycles. The molecule has 3 N–H and O–H groups in total. The first-order valence-corrected chi connectivity index (χ1v) is 13.2. The van der Waals surface area contributed by atoms with Crippen LogP contribution in [0.5, 0.6) is 5.75 Å². The number of rotatable bonds is 10. The zero-order chi connectivity index (χ0) is 24.6. The third-order valence-corrected chi connectivity index (χ3v) is 7.27. The molecule has 4 atom stereocenters. The van der Waals surface area contributed by atoms with Gasteiger partial charge in [-0.3, -0.25) is 9.36 Å². The largest absolute Gasteiger partial charge is 0.461 e. The molecular formula is C24H33N4O6P. The number of nitrogens with two attached hydrogens (primary N) is 1. The molecule has 2 aliphatic rings. The second-order valence-electron chi connectivity index (χ2n) is 8.95. The van der Waals surface area contributed by atoms with Gasteiger partial charge in [0, 0.05) is 12.1 Å². The van der Waals surface area contributed by atoms with Crippen LogP contribution in [-0.2, 0) is 18.8 Å². The number of nitrogens with one attached hydrogen (secondary N) is 1. The average Bonchev–Trinajstić information content (AvgIpc) is 3.22. The summed E-state index contributed by atoms with van der Waals surface area (Å²) in [5.74, 6) is 0.565.